The first-order chi connectivity index (χ1) is 14.6. The number of aliphatic hydroxyl groups is 1. The molecule has 0 bridgehead atoms. The Bertz CT molecular complexity index is 1090. The van der Waals surface area contributed by atoms with Crippen molar-refractivity contribution in [3.05, 3.63) is 95.5 Å². The summed E-state index contributed by atoms with van der Waals surface area (Å²) in [5.41, 5.74) is 1.12. The van der Waals surface area contributed by atoms with Crippen LogP contribution in [0.1, 0.15) is 29.9 Å². The van der Waals surface area contributed by atoms with Crippen LogP contribution >= 0.6 is 0 Å². The largest absolute Gasteiger partial charge is 0.507 e. The molecule has 30 heavy (non-hydrogen) atoms. The zero-order chi connectivity index (χ0) is 21.1. The first-order valence-corrected chi connectivity index (χ1v) is 9.69. The number of Topliss-reactive ketones (excluding diaryl/α,β-unsaturated/α-hetero) is 1. The third-order valence-corrected chi connectivity index (χ3v) is 5.01. The van der Waals surface area contributed by atoms with E-state index in [0.717, 1.165) is 0 Å². The molecule has 1 aliphatic heterocycles. The van der Waals surface area contributed by atoms with Crippen LogP contribution in [-0.2, 0) is 16.1 Å². The van der Waals surface area contributed by atoms with Gasteiger partial charge < -0.3 is 19.2 Å². The lowest BCUT2D eigenvalue weighted by Gasteiger charge is -2.26. The topological polar surface area (TPSA) is 80.0 Å². The van der Waals surface area contributed by atoms with Gasteiger partial charge in [-0.3, -0.25) is 9.59 Å². The van der Waals surface area contributed by atoms with Gasteiger partial charge in [0.2, 0.25) is 0 Å². The molecule has 1 N–H and O–H groups in total. The lowest BCUT2D eigenvalue weighted by atomic mass is 9.94. The van der Waals surface area contributed by atoms with E-state index in [4.69, 9.17) is 9.15 Å². The predicted molar refractivity (Wildman–Crippen MR) is 111 cm³/mol. The Kier molecular flexibility index (Phi) is 5.39. The van der Waals surface area contributed by atoms with Gasteiger partial charge >= 0.3 is 0 Å². The number of hydrogen-bond donors (Lipinski definition) is 1. The standard InChI is InChI=1S/C24H21NO5/c1-2-29-19-13-7-6-12-18(19)21-20(22(26)16-9-4-3-5-10-16)23(27)24(28)25(21)15-17-11-8-14-30-17/h3-14,21,26H,2,15H2,1H3/b22-20-. The van der Waals surface area contributed by atoms with E-state index in [0.29, 0.717) is 29.2 Å². The van der Waals surface area contributed by atoms with Gasteiger partial charge in [0, 0.05) is 11.1 Å². The van der Waals surface area contributed by atoms with Crippen LogP contribution < -0.4 is 4.74 Å². The van der Waals surface area contributed by atoms with E-state index in [9.17, 15) is 14.7 Å². The number of ketones is 1. The number of amides is 1. The molecule has 1 amide bonds. The van der Waals surface area contributed by atoms with Crippen LogP contribution in [0.5, 0.6) is 5.75 Å². The molecule has 6 heteroatoms. The van der Waals surface area contributed by atoms with Gasteiger partial charge in [-0.25, -0.2) is 0 Å². The molecule has 2 heterocycles. The van der Waals surface area contributed by atoms with Gasteiger partial charge in [-0.15, -0.1) is 0 Å². The van der Waals surface area contributed by atoms with E-state index >= 15 is 0 Å². The first kappa shape index (κ1) is 19.5. The molecule has 3 aromatic rings. The minimum atomic E-state index is -0.807. The number of carbonyl (C=O) groups excluding carboxylic acids is 2. The molecule has 2 aromatic carbocycles. The second kappa shape index (κ2) is 8.29. The molecular weight excluding hydrogens is 382 g/mol. The minimum Gasteiger partial charge on any atom is -0.507 e. The lowest BCUT2D eigenvalue weighted by Crippen LogP contribution is -2.29. The Hall–Kier alpha value is -3.80. The summed E-state index contributed by atoms with van der Waals surface area (Å²) in [7, 11) is 0. The number of carbonyl (C=O) groups is 2. The van der Waals surface area contributed by atoms with E-state index in [-0.39, 0.29) is 17.9 Å². The van der Waals surface area contributed by atoms with Gasteiger partial charge in [0.05, 0.1) is 31.0 Å². The summed E-state index contributed by atoms with van der Waals surface area (Å²) in [6.07, 6.45) is 1.51. The van der Waals surface area contributed by atoms with Crippen LogP contribution in [0, 0.1) is 0 Å². The highest BCUT2D eigenvalue weighted by Gasteiger charge is 2.47. The summed E-state index contributed by atoms with van der Waals surface area (Å²) in [6, 6.07) is 18.6. The highest BCUT2D eigenvalue weighted by Crippen LogP contribution is 2.43. The molecule has 0 spiro atoms. The second-order valence-electron chi connectivity index (χ2n) is 6.84. The summed E-state index contributed by atoms with van der Waals surface area (Å²) in [4.78, 5) is 27.4. The number of benzene rings is 2. The van der Waals surface area contributed by atoms with Crippen LogP contribution in [0.25, 0.3) is 5.76 Å². The van der Waals surface area contributed by atoms with Gasteiger partial charge in [0.15, 0.2) is 0 Å². The summed E-state index contributed by atoms with van der Waals surface area (Å²) in [6.45, 7) is 2.38. The third-order valence-electron chi connectivity index (χ3n) is 5.01. The normalized spacial score (nSPS) is 18.0. The molecule has 0 saturated carbocycles. The van der Waals surface area contributed by atoms with E-state index in [1.54, 1.807) is 48.5 Å². The third kappa shape index (κ3) is 3.48. The maximum Gasteiger partial charge on any atom is 0.296 e. The molecule has 152 valence electrons. The monoisotopic (exact) mass is 403 g/mol. The van der Waals surface area contributed by atoms with Crippen molar-refractivity contribution in [2.45, 2.75) is 19.5 Å². The number of hydrogen-bond acceptors (Lipinski definition) is 5. The number of aliphatic hydroxyl groups excluding tert-OH is 1. The zero-order valence-corrected chi connectivity index (χ0v) is 16.4. The van der Waals surface area contributed by atoms with Crippen LogP contribution in [0.2, 0.25) is 0 Å². The van der Waals surface area contributed by atoms with Gasteiger partial charge in [-0.1, -0.05) is 48.5 Å². The fourth-order valence-corrected chi connectivity index (χ4v) is 3.68. The maximum atomic E-state index is 13.0. The molecular formula is C24H21NO5. The number of furan rings is 1. The molecule has 1 aromatic heterocycles. The fraction of sp³-hybridized carbons (Fsp3) is 0.167. The van der Waals surface area contributed by atoms with Crippen LogP contribution in [0.15, 0.2) is 83.0 Å². The van der Waals surface area contributed by atoms with Crippen molar-refractivity contribution in [1.29, 1.82) is 0 Å². The van der Waals surface area contributed by atoms with Gasteiger partial charge in [-0.05, 0) is 25.1 Å². The molecule has 1 aliphatic rings. The summed E-state index contributed by atoms with van der Waals surface area (Å²) in [5, 5.41) is 11.0. The van der Waals surface area contributed by atoms with Crippen molar-refractivity contribution < 1.29 is 23.8 Å². The SMILES string of the molecule is CCOc1ccccc1C1/C(=C(/O)c2ccccc2)C(=O)C(=O)N1Cc1ccco1. The second-order valence-corrected chi connectivity index (χ2v) is 6.84. The molecule has 6 nitrogen and oxygen atoms in total. The van der Waals surface area contributed by atoms with Crippen LogP contribution in [-0.4, -0.2) is 28.3 Å². The average molecular weight is 403 g/mol. The van der Waals surface area contributed by atoms with Crippen LogP contribution in [0.4, 0.5) is 0 Å². The fourth-order valence-electron chi connectivity index (χ4n) is 3.68. The summed E-state index contributed by atoms with van der Waals surface area (Å²) in [5.74, 6) is -0.558. The molecule has 4 rings (SSSR count). The van der Waals surface area contributed by atoms with E-state index in [2.05, 4.69) is 0 Å². The molecule has 0 aliphatic carbocycles. The molecule has 1 unspecified atom stereocenters. The smallest absolute Gasteiger partial charge is 0.296 e. The van der Waals surface area contributed by atoms with Crippen LogP contribution in [0.3, 0.4) is 0 Å². The molecule has 1 fully saturated rings. The Morgan fingerprint density at radius 3 is 2.47 bits per heavy atom. The Balaban J connectivity index is 1.90. The summed E-state index contributed by atoms with van der Waals surface area (Å²) < 4.78 is 11.2. The van der Waals surface area contributed by atoms with E-state index in [1.807, 2.05) is 25.1 Å². The zero-order valence-electron chi connectivity index (χ0n) is 16.4. The number of ether oxygens (including phenoxy) is 1. The van der Waals surface area contributed by atoms with Gasteiger partial charge in [0.25, 0.3) is 11.7 Å². The van der Waals surface area contributed by atoms with E-state index in [1.165, 1.54) is 11.2 Å². The maximum absolute atomic E-state index is 13.0. The Labute approximate surface area is 174 Å². The highest BCUT2D eigenvalue weighted by molar-refractivity contribution is 6.46. The minimum absolute atomic E-state index is 0.0323. The van der Waals surface area contributed by atoms with Crippen molar-refractivity contribution in [3.63, 3.8) is 0 Å². The predicted octanol–water partition coefficient (Wildman–Crippen LogP) is 4.30. The first-order valence-electron chi connectivity index (χ1n) is 9.69. The highest BCUT2D eigenvalue weighted by atomic mass is 16.5. The van der Waals surface area contributed by atoms with E-state index < -0.39 is 17.7 Å². The Morgan fingerprint density at radius 1 is 1.03 bits per heavy atom. The molecule has 1 atom stereocenters. The van der Waals surface area contributed by atoms with Crippen molar-refractivity contribution in [2.75, 3.05) is 6.61 Å². The number of nitrogens with zero attached hydrogens (tertiary/aromatic N) is 1. The molecule has 0 radical (unpaired) electrons. The van der Waals surface area contributed by atoms with Crippen molar-refractivity contribution >= 4 is 17.4 Å². The van der Waals surface area contributed by atoms with Crippen molar-refractivity contribution in [3.8, 4) is 5.75 Å². The quantitative estimate of drug-likeness (QED) is 0.377. The van der Waals surface area contributed by atoms with Crippen molar-refractivity contribution in [1.82, 2.24) is 4.90 Å². The van der Waals surface area contributed by atoms with Crippen molar-refractivity contribution in [2.24, 2.45) is 0 Å². The summed E-state index contributed by atoms with van der Waals surface area (Å²) >= 11 is 0. The molecule has 1 saturated heterocycles. The van der Waals surface area contributed by atoms with Gasteiger partial charge in [-0.2, -0.15) is 0 Å². The van der Waals surface area contributed by atoms with Gasteiger partial charge in [0.1, 0.15) is 17.3 Å². The average Bonchev–Trinajstić information content (AvgIpc) is 3.37. The Morgan fingerprint density at radius 2 is 1.77 bits per heavy atom. The number of likely N-dealkylation sites (tertiary alicyclic amines) is 1. The number of rotatable bonds is 6. The number of para-hydroxylation sites is 1. The lowest BCUT2D eigenvalue weighted by molar-refractivity contribution is -0.140.